The van der Waals surface area contributed by atoms with Crippen molar-refractivity contribution >= 4 is 29.3 Å². The standard InChI is InChI=1S/C23H23Cl2N3O3/c24-19-8-17(9-20(25)11-19)14-31-23(29)28-6-4-16(5-7-28)13-30-21-3-1-2-18(10-21)22-12-26-15-27-22/h1-3,8-12,15-16H,4-7,13-14H2,(H,26,27). The van der Waals surface area contributed by atoms with E-state index in [0.29, 0.717) is 35.7 Å². The van der Waals surface area contributed by atoms with Crippen LogP contribution in [0.25, 0.3) is 11.3 Å². The molecule has 1 N–H and O–H groups in total. The highest BCUT2D eigenvalue weighted by atomic mass is 35.5. The summed E-state index contributed by atoms with van der Waals surface area (Å²) in [5, 5.41) is 1.05. The number of rotatable bonds is 6. The first-order valence-corrected chi connectivity index (χ1v) is 10.9. The summed E-state index contributed by atoms with van der Waals surface area (Å²) in [7, 11) is 0. The van der Waals surface area contributed by atoms with Crippen molar-refractivity contribution in [3.05, 3.63) is 70.6 Å². The fourth-order valence-electron chi connectivity index (χ4n) is 3.59. The predicted molar refractivity (Wildman–Crippen MR) is 120 cm³/mol. The molecule has 0 atom stereocenters. The Morgan fingerprint density at radius 3 is 2.61 bits per heavy atom. The normalized spacial score (nSPS) is 14.5. The molecule has 162 valence electrons. The van der Waals surface area contributed by atoms with Crippen LogP contribution in [0.4, 0.5) is 4.79 Å². The molecule has 1 fully saturated rings. The number of benzene rings is 2. The van der Waals surface area contributed by atoms with Gasteiger partial charge < -0.3 is 19.4 Å². The van der Waals surface area contributed by atoms with E-state index >= 15 is 0 Å². The first-order valence-electron chi connectivity index (χ1n) is 10.1. The van der Waals surface area contributed by atoms with Crippen molar-refractivity contribution in [2.24, 2.45) is 5.92 Å². The summed E-state index contributed by atoms with van der Waals surface area (Å²) in [4.78, 5) is 21.3. The molecule has 4 rings (SSSR count). The Morgan fingerprint density at radius 2 is 1.90 bits per heavy atom. The fourth-order valence-corrected chi connectivity index (χ4v) is 4.17. The number of hydrogen-bond donors (Lipinski definition) is 1. The molecule has 31 heavy (non-hydrogen) atoms. The SMILES string of the molecule is O=C(OCc1cc(Cl)cc(Cl)c1)N1CCC(COc2cccc(-c3cnc[nH]3)c2)CC1. The minimum atomic E-state index is -0.317. The second-order valence-corrected chi connectivity index (χ2v) is 8.44. The molecule has 0 unspecified atom stereocenters. The number of nitrogens with one attached hydrogen (secondary N) is 1. The van der Waals surface area contributed by atoms with Crippen molar-refractivity contribution in [3.63, 3.8) is 0 Å². The number of carbonyl (C=O) groups excluding carboxylic acids is 1. The second-order valence-electron chi connectivity index (χ2n) is 7.57. The molecule has 1 amide bonds. The van der Waals surface area contributed by atoms with E-state index in [2.05, 4.69) is 9.97 Å². The van der Waals surface area contributed by atoms with Gasteiger partial charge in [-0.1, -0.05) is 35.3 Å². The minimum absolute atomic E-state index is 0.148. The topological polar surface area (TPSA) is 67.4 Å². The average molecular weight is 460 g/mol. The third kappa shape index (κ3) is 5.93. The lowest BCUT2D eigenvalue weighted by Crippen LogP contribution is -2.39. The number of amides is 1. The monoisotopic (exact) mass is 459 g/mol. The van der Waals surface area contributed by atoms with Crippen LogP contribution in [0.2, 0.25) is 10.0 Å². The van der Waals surface area contributed by atoms with Gasteiger partial charge in [-0.15, -0.1) is 0 Å². The molecular weight excluding hydrogens is 437 g/mol. The van der Waals surface area contributed by atoms with Crippen LogP contribution in [-0.4, -0.2) is 40.7 Å². The van der Waals surface area contributed by atoms with Gasteiger partial charge in [-0.2, -0.15) is 0 Å². The molecule has 6 nitrogen and oxygen atoms in total. The first-order chi connectivity index (χ1) is 15.1. The highest BCUT2D eigenvalue weighted by molar-refractivity contribution is 6.34. The number of ether oxygens (including phenoxy) is 2. The van der Waals surface area contributed by atoms with Crippen LogP contribution in [-0.2, 0) is 11.3 Å². The number of H-pyrrole nitrogens is 1. The van der Waals surface area contributed by atoms with Crippen molar-refractivity contribution in [2.75, 3.05) is 19.7 Å². The Hall–Kier alpha value is -2.70. The third-order valence-electron chi connectivity index (χ3n) is 5.29. The van der Waals surface area contributed by atoms with E-state index in [1.807, 2.05) is 24.3 Å². The Morgan fingerprint density at radius 1 is 1.13 bits per heavy atom. The largest absolute Gasteiger partial charge is 0.493 e. The Balaban J connectivity index is 1.22. The summed E-state index contributed by atoms with van der Waals surface area (Å²) in [6, 6.07) is 13.1. The van der Waals surface area contributed by atoms with Gasteiger partial charge in [0.15, 0.2) is 0 Å². The van der Waals surface area contributed by atoms with E-state index in [1.54, 1.807) is 35.6 Å². The van der Waals surface area contributed by atoms with Crippen molar-refractivity contribution in [3.8, 4) is 17.0 Å². The predicted octanol–water partition coefficient (Wildman–Crippen LogP) is 5.81. The van der Waals surface area contributed by atoms with Crippen LogP contribution in [0.3, 0.4) is 0 Å². The number of nitrogens with zero attached hydrogens (tertiary/aromatic N) is 2. The number of aromatic nitrogens is 2. The number of hydrogen-bond acceptors (Lipinski definition) is 4. The van der Waals surface area contributed by atoms with E-state index in [9.17, 15) is 4.79 Å². The Bertz CT molecular complexity index is 998. The molecule has 8 heteroatoms. The number of piperidine rings is 1. The van der Waals surface area contributed by atoms with Gasteiger partial charge >= 0.3 is 6.09 Å². The molecule has 0 saturated carbocycles. The van der Waals surface area contributed by atoms with Gasteiger partial charge in [0.05, 0.1) is 24.8 Å². The molecule has 0 radical (unpaired) electrons. The van der Waals surface area contributed by atoms with Crippen LogP contribution in [0.5, 0.6) is 5.75 Å². The van der Waals surface area contributed by atoms with Gasteiger partial charge in [0.1, 0.15) is 12.4 Å². The van der Waals surface area contributed by atoms with Gasteiger partial charge in [-0.25, -0.2) is 9.78 Å². The van der Waals surface area contributed by atoms with Crippen LogP contribution >= 0.6 is 23.2 Å². The van der Waals surface area contributed by atoms with Crippen LogP contribution < -0.4 is 4.74 Å². The highest BCUT2D eigenvalue weighted by Gasteiger charge is 2.24. The summed E-state index contributed by atoms with van der Waals surface area (Å²) in [6.07, 6.45) is 4.87. The minimum Gasteiger partial charge on any atom is -0.493 e. The first kappa shape index (κ1) is 21.5. The summed E-state index contributed by atoms with van der Waals surface area (Å²) < 4.78 is 11.4. The van der Waals surface area contributed by atoms with Crippen molar-refractivity contribution in [1.82, 2.24) is 14.9 Å². The number of halogens is 2. The van der Waals surface area contributed by atoms with E-state index in [4.69, 9.17) is 32.7 Å². The average Bonchev–Trinajstić information content (AvgIpc) is 3.31. The van der Waals surface area contributed by atoms with Gasteiger partial charge in [-0.05, 0) is 54.7 Å². The quantitative estimate of drug-likeness (QED) is 0.504. The molecule has 0 bridgehead atoms. The number of aromatic amines is 1. The summed E-state index contributed by atoms with van der Waals surface area (Å²) in [6.45, 7) is 2.07. The van der Waals surface area contributed by atoms with Gasteiger partial charge in [0.2, 0.25) is 0 Å². The zero-order valence-corrected chi connectivity index (χ0v) is 18.4. The van der Waals surface area contributed by atoms with Crippen molar-refractivity contribution in [2.45, 2.75) is 19.4 Å². The fraction of sp³-hybridized carbons (Fsp3) is 0.304. The Labute approximate surface area is 191 Å². The van der Waals surface area contributed by atoms with Crippen molar-refractivity contribution in [1.29, 1.82) is 0 Å². The molecule has 2 aromatic carbocycles. The molecular formula is C23H23Cl2N3O3. The third-order valence-corrected chi connectivity index (χ3v) is 5.72. The molecule has 0 spiro atoms. The summed E-state index contributed by atoms with van der Waals surface area (Å²) >= 11 is 12.0. The van der Waals surface area contributed by atoms with E-state index < -0.39 is 0 Å². The van der Waals surface area contributed by atoms with Crippen molar-refractivity contribution < 1.29 is 14.3 Å². The number of imidazole rings is 1. The summed E-state index contributed by atoms with van der Waals surface area (Å²) in [5.74, 6) is 1.22. The van der Waals surface area contributed by atoms with Crippen LogP contribution in [0.1, 0.15) is 18.4 Å². The summed E-state index contributed by atoms with van der Waals surface area (Å²) in [5.41, 5.74) is 2.76. The molecule has 1 aliphatic rings. The molecule has 1 aliphatic heterocycles. The van der Waals surface area contributed by atoms with Crippen LogP contribution in [0, 0.1) is 5.92 Å². The van der Waals surface area contributed by atoms with Gasteiger partial charge in [0.25, 0.3) is 0 Å². The van der Waals surface area contributed by atoms with Crippen LogP contribution in [0.15, 0.2) is 55.0 Å². The zero-order valence-electron chi connectivity index (χ0n) is 16.9. The maximum absolute atomic E-state index is 12.4. The van der Waals surface area contributed by atoms with E-state index in [1.165, 1.54) is 0 Å². The lowest BCUT2D eigenvalue weighted by Gasteiger charge is -2.31. The zero-order chi connectivity index (χ0) is 21.6. The molecule has 1 saturated heterocycles. The lowest BCUT2D eigenvalue weighted by molar-refractivity contribution is 0.0761. The molecule has 0 aliphatic carbocycles. The molecule has 1 aromatic heterocycles. The van der Waals surface area contributed by atoms with E-state index in [-0.39, 0.29) is 12.7 Å². The second kappa shape index (κ2) is 10.1. The highest BCUT2D eigenvalue weighted by Crippen LogP contribution is 2.25. The number of carbonyl (C=O) groups is 1. The maximum Gasteiger partial charge on any atom is 0.410 e. The maximum atomic E-state index is 12.4. The molecule has 3 aromatic rings. The number of likely N-dealkylation sites (tertiary alicyclic amines) is 1. The lowest BCUT2D eigenvalue weighted by atomic mass is 9.98. The smallest absolute Gasteiger partial charge is 0.410 e. The Kier molecular flexibility index (Phi) is 6.99. The molecule has 2 heterocycles. The van der Waals surface area contributed by atoms with Gasteiger partial charge in [0, 0.05) is 28.7 Å². The van der Waals surface area contributed by atoms with Gasteiger partial charge in [-0.3, -0.25) is 0 Å². The van der Waals surface area contributed by atoms with E-state index in [0.717, 1.165) is 35.4 Å².